The fourth-order valence-electron chi connectivity index (χ4n) is 1.83. The number of carbonyl (C=O) groups is 1. The molecule has 4 heteroatoms. The lowest BCUT2D eigenvalue weighted by Gasteiger charge is -2.22. The van der Waals surface area contributed by atoms with E-state index in [9.17, 15) is 4.79 Å². The second-order valence-electron chi connectivity index (χ2n) is 5.47. The van der Waals surface area contributed by atoms with Crippen molar-refractivity contribution in [2.45, 2.75) is 26.7 Å². The van der Waals surface area contributed by atoms with Crippen molar-refractivity contribution < 1.29 is 4.79 Å². The molecule has 0 saturated carbocycles. The molecule has 114 valence electrons. The Kier molecular flexibility index (Phi) is 7.69. The summed E-state index contributed by atoms with van der Waals surface area (Å²) >= 11 is 4.90. The van der Waals surface area contributed by atoms with Crippen LogP contribution in [0.5, 0.6) is 0 Å². The molecular weight excluding hydrogens is 280 g/mol. The van der Waals surface area contributed by atoms with Crippen LogP contribution in [0.1, 0.15) is 32.3 Å². The van der Waals surface area contributed by atoms with Crippen LogP contribution in [0, 0.1) is 5.92 Å². The van der Waals surface area contributed by atoms with Gasteiger partial charge in [0.2, 0.25) is 5.91 Å². The highest BCUT2D eigenvalue weighted by atomic mass is 32.1. The predicted octanol–water partition coefficient (Wildman–Crippen LogP) is 3.25. The van der Waals surface area contributed by atoms with Gasteiger partial charge in [-0.3, -0.25) is 4.79 Å². The maximum atomic E-state index is 12.3. The molecular formula is C17H24N2OS. The summed E-state index contributed by atoms with van der Waals surface area (Å²) in [4.78, 5) is 14.6. The van der Waals surface area contributed by atoms with Gasteiger partial charge in [0.05, 0.1) is 4.99 Å². The van der Waals surface area contributed by atoms with Gasteiger partial charge in [-0.15, -0.1) is 0 Å². The van der Waals surface area contributed by atoms with Crippen LogP contribution < -0.4 is 5.73 Å². The molecule has 1 amide bonds. The maximum Gasteiger partial charge on any atom is 0.246 e. The van der Waals surface area contributed by atoms with Gasteiger partial charge in [-0.25, -0.2) is 0 Å². The lowest BCUT2D eigenvalue weighted by molar-refractivity contribution is -0.126. The summed E-state index contributed by atoms with van der Waals surface area (Å²) in [6, 6.07) is 9.80. The van der Waals surface area contributed by atoms with E-state index in [0.717, 1.165) is 18.5 Å². The molecule has 0 spiro atoms. The third-order valence-electron chi connectivity index (χ3n) is 3.13. The lowest BCUT2D eigenvalue weighted by atomic mass is 10.1. The highest BCUT2D eigenvalue weighted by molar-refractivity contribution is 7.80. The van der Waals surface area contributed by atoms with E-state index in [1.165, 1.54) is 0 Å². The predicted molar refractivity (Wildman–Crippen MR) is 92.9 cm³/mol. The summed E-state index contributed by atoms with van der Waals surface area (Å²) < 4.78 is 0. The first-order valence-corrected chi connectivity index (χ1v) is 7.70. The standard InChI is InChI=1S/C17H24N2OS/c1-14(2)10-12-19(13-11-16(18)21)17(20)9-8-15-6-4-3-5-7-15/h3-9,14H,10-13H2,1-2H3,(H2,18,21)/b9-8+. The molecule has 0 aliphatic heterocycles. The molecule has 0 unspecified atom stereocenters. The Morgan fingerprint density at radius 3 is 2.52 bits per heavy atom. The van der Waals surface area contributed by atoms with Gasteiger partial charge in [0.25, 0.3) is 0 Å². The van der Waals surface area contributed by atoms with Crippen molar-refractivity contribution in [1.29, 1.82) is 0 Å². The summed E-state index contributed by atoms with van der Waals surface area (Å²) in [7, 11) is 0. The Labute approximate surface area is 132 Å². The minimum Gasteiger partial charge on any atom is -0.393 e. The van der Waals surface area contributed by atoms with Gasteiger partial charge in [-0.1, -0.05) is 56.4 Å². The van der Waals surface area contributed by atoms with Gasteiger partial charge in [-0.05, 0) is 24.0 Å². The Morgan fingerprint density at radius 1 is 1.29 bits per heavy atom. The van der Waals surface area contributed by atoms with Crippen molar-refractivity contribution in [3.8, 4) is 0 Å². The van der Waals surface area contributed by atoms with Crippen molar-refractivity contribution in [2.75, 3.05) is 13.1 Å². The van der Waals surface area contributed by atoms with E-state index >= 15 is 0 Å². The molecule has 0 atom stereocenters. The maximum absolute atomic E-state index is 12.3. The van der Waals surface area contributed by atoms with Gasteiger partial charge in [0, 0.05) is 25.6 Å². The molecule has 1 aromatic rings. The first-order chi connectivity index (χ1) is 9.99. The van der Waals surface area contributed by atoms with E-state index < -0.39 is 0 Å². The molecule has 1 aromatic carbocycles. The van der Waals surface area contributed by atoms with Crippen LogP contribution in [0.3, 0.4) is 0 Å². The zero-order valence-corrected chi connectivity index (χ0v) is 13.6. The van der Waals surface area contributed by atoms with Crippen molar-refractivity contribution in [2.24, 2.45) is 11.7 Å². The Hall–Kier alpha value is -1.68. The molecule has 0 heterocycles. The van der Waals surface area contributed by atoms with Crippen LogP contribution in [0.2, 0.25) is 0 Å². The highest BCUT2D eigenvalue weighted by Gasteiger charge is 2.11. The first kappa shape index (κ1) is 17.4. The molecule has 0 radical (unpaired) electrons. The molecule has 21 heavy (non-hydrogen) atoms. The molecule has 0 aromatic heterocycles. The van der Waals surface area contributed by atoms with Crippen LogP contribution in [-0.2, 0) is 4.79 Å². The van der Waals surface area contributed by atoms with Gasteiger partial charge >= 0.3 is 0 Å². The molecule has 0 aliphatic carbocycles. The minimum absolute atomic E-state index is 0.00996. The molecule has 0 bridgehead atoms. The second kappa shape index (κ2) is 9.29. The number of rotatable bonds is 8. The molecule has 3 nitrogen and oxygen atoms in total. The van der Waals surface area contributed by atoms with Crippen LogP contribution in [0.4, 0.5) is 0 Å². The molecule has 0 saturated heterocycles. The van der Waals surface area contributed by atoms with Crippen molar-refractivity contribution >= 4 is 29.2 Å². The zero-order chi connectivity index (χ0) is 15.7. The number of hydrogen-bond acceptors (Lipinski definition) is 2. The third-order valence-corrected chi connectivity index (χ3v) is 3.34. The topological polar surface area (TPSA) is 46.3 Å². The average molecular weight is 304 g/mol. The van der Waals surface area contributed by atoms with Crippen LogP contribution in [0.25, 0.3) is 6.08 Å². The number of amides is 1. The summed E-state index contributed by atoms with van der Waals surface area (Å²) in [5, 5.41) is 0. The van der Waals surface area contributed by atoms with Gasteiger partial charge in [0.15, 0.2) is 0 Å². The van der Waals surface area contributed by atoms with Gasteiger partial charge < -0.3 is 10.6 Å². The van der Waals surface area contributed by atoms with Crippen LogP contribution in [-0.4, -0.2) is 28.9 Å². The quantitative estimate of drug-likeness (QED) is 0.592. The second-order valence-corrected chi connectivity index (χ2v) is 5.99. The fourth-order valence-corrected chi connectivity index (χ4v) is 1.92. The van der Waals surface area contributed by atoms with E-state index in [-0.39, 0.29) is 5.91 Å². The van der Waals surface area contributed by atoms with Gasteiger partial charge in [0.1, 0.15) is 0 Å². The summed E-state index contributed by atoms with van der Waals surface area (Å²) in [5.74, 6) is 0.569. The fraction of sp³-hybridized carbons (Fsp3) is 0.412. The van der Waals surface area contributed by atoms with E-state index in [1.807, 2.05) is 41.3 Å². The van der Waals surface area contributed by atoms with Gasteiger partial charge in [-0.2, -0.15) is 0 Å². The Balaban J connectivity index is 2.64. The molecule has 0 aliphatic rings. The normalized spacial score (nSPS) is 11.0. The van der Waals surface area contributed by atoms with E-state index in [2.05, 4.69) is 13.8 Å². The minimum atomic E-state index is 0.00996. The molecule has 0 fully saturated rings. The van der Waals surface area contributed by atoms with Crippen LogP contribution in [0.15, 0.2) is 36.4 Å². The summed E-state index contributed by atoms with van der Waals surface area (Å²) in [5.41, 5.74) is 6.55. The number of thiocarbonyl (C=S) groups is 1. The Bertz CT molecular complexity index is 483. The monoisotopic (exact) mass is 304 g/mol. The van der Waals surface area contributed by atoms with E-state index in [4.69, 9.17) is 18.0 Å². The lowest BCUT2D eigenvalue weighted by Crippen LogP contribution is -2.33. The third kappa shape index (κ3) is 7.61. The zero-order valence-electron chi connectivity index (χ0n) is 12.8. The molecule has 2 N–H and O–H groups in total. The highest BCUT2D eigenvalue weighted by Crippen LogP contribution is 2.06. The first-order valence-electron chi connectivity index (χ1n) is 7.29. The number of benzene rings is 1. The molecule has 1 rings (SSSR count). The number of nitrogens with two attached hydrogens (primary N) is 1. The van der Waals surface area contributed by atoms with Crippen molar-refractivity contribution in [1.82, 2.24) is 4.90 Å². The largest absolute Gasteiger partial charge is 0.393 e. The SMILES string of the molecule is CC(C)CCN(CCC(N)=S)C(=O)/C=C/c1ccccc1. The number of carbonyl (C=O) groups excluding carboxylic acids is 1. The van der Waals surface area contributed by atoms with Crippen molar-refractivity contribution in [3.05, 3.63) is 42.0 Å². The Morgan fingerprint density at radius 2 is 1.95 bits per heavy atom. The van der Waals surface area contributed by atoms with Crippen molar-refractivity contribution in [3.63, 3.8) is 0 Å². The summed E-state index contributed by atoms with van der Waals surface area (Å²) in [6.45, 7) is 5.62. The van der Waals surface area contributed by atoms with E-state index in [1.54, 1.807) is 6.08 Å². The smallest absolute Gasteiger partial charge is 0.246 e. The number of hydrogen-bond donors (Lipinski definition) is 1. The average Bonchev–Trinajstić information content (AvgIpc) is 2.45. The number of nitrogens with zero attached hydrogens (tertiary/aromatic N) is 1. The van der Waals surface area contributed by atoms with Crippen LogP contribution >= 0.6 is 12.2 Å². The summed E-state index contributed by atoms with van der Waals surface area (Å²) in [6.07, 6.45) is 5.00. The van der Waals surface area contributed by atoms with E-state index in [0.29, 0.717) is 23.9 Å².